The molecule has 0 aromatic carbocycles. The van der Waals surface area contributed by atoms with Crippen molar-refractivity contribution in [1.29, 1.82) is 0 Å². The number of nitrogens with two attached hydrogens (primary N) is 1. The van der Waals surface area contributed by atoms with Gasteiger partial charge in [-0.2, -0.15) is 13.2 Å². The lowest BCUT2D eigenvalue weighted by molar-refractivity contribution is -0.197. The molecule has 0 aromatic rings. The highest BCUT2D eigenvalue weighted by Crippen LogP contribution is 2.29. The van der Waals surface area contributed by atoms with Crippen LogP contribution in [0.3, 0.4) is 0 Å². The summed E-state index contributed by atoms with van der Waals surface area (Å²) in [6.45, 7) is 3.48. The van der Waals surface area contributed by atoms with Crippen molar-refractivity contribution in [1.82, 2.24) is 10.2 Å². The van der Waals surface area contributed by atoms with Crippen molar-refractivity contribution in [2.24, 2.45) is 5.73 Å². The Morgan fingerprint density at radius 2 is 2.18 bits per heavy atom. The van der Waals surface area contributed by atoms with Crippen molar-refractivity contribution < 1.29 is 18.0 Å². The van der Waals surface area contributed by atoms with Gasteiger partial charge in [-0.05, 0) is 13.3 Å². The molecule has 3 unspecified atom stereocenters. The van der Waals surface area contributed by atoms with Gasteiger partial charge in [0.25, 0.3) is 0 Å². The van der Waals surface area contributed by atoms with Crippen molar-refractivity contribution in [3.05, 3.63) is 0 Å². The van der Waals surface area contributed by atoms with Crippen molar-refractivity contribution in [2.45, 2.75) is 44.6 Å². The number of hydrogen-bond donors (Lipinski definition) is 2. The Labute approximate surface area is 98.3 Å². The molecule has 3 atom stereocenters. The van der Waals surface area contributed by atoms with Crippen LogP contribution in [0.15, 0.2) is 0 Å². The molecule has 0 aromatic heterocycles. The molecule has 0 spiro atoms. The van der Waals surface area contributed by atoms with Gasteiger partial charge in [-0.25, -0.2) is 0 Å². The molecule has 100 valence electrons. The van der Waals surface area contributed by atoms with Crippen molar-refractivity contribution in [3.63, 3.8) is 0 Å². The van der Waals surface area contributed by atoms with Crippen LogP contribution in [-0.4, -0.2) is 48.2 Å². The molecule has 0 saturated carbocycles. The number of carbonyl (C=O) groups excluding carboxylic acids is 1. The van der Waals surface area contributed by atoms with E-state index in [0.29, 0.717) is 0 Å². The summed E-state index contributed by atoms with van der Waals surface area (Å²) in [5, 5.41) is 2.54. The van der Waals surface area contributed by atoms with E-state index in [0.717, 1.165) is 4.90 Å². The molecule has 17 heavy (non-hydrogen) atoms. The summed E-state index contributed by atoms with van der Waals surface area (Å²) in [6.07, 6.45) is -4.20. The van der Waals surface area contributed by atoms with Gasteiger partial charge >= 0.3 is 6.18 Å². The standard InChI is InChI=1S/C10H18F3N3O/c1-3-7(14)8(10(11,12)13)16-5-4-15-9(17)6(16)2/h6-8H,3-5,14H2,1-2H3,(H,15,17). The third-order valence-corrected chi connectivity index (χ3v) is 3.12. The number of nitrogens with one attached hydrogen (secondary N) is 1. The topological polar surface area (TPSA) is 58.4 Å². The minimum absolute atomic E-state index is 0.171. The highest BCUT2D eigenvalue weighted by molar-refractivity contribution is 5.82. The zero-order valence-electron chi connectivity index (χ0n) is 9.92. The Morgan fingerprint density at radius 1 is 1.59 bits per heavy atom. The van der Waals surface area contributed by atoms with Gasteiger partial charge in [-0.15, -0.1) is 0 Å². The van der Waals surface area contributed by atoms with Crippen molar-refractivity contribution in [3.8, 4) is 0 Å². The highest BCUT2D eigenvalue weighted by atomic mass is 19.4. The molecular formula is C10H18F3N3O. The second-order valence-electron chi connectivity index (χ2n) is 4.26. The van der Waals surface area contributed by atoms with Gasteiger partial charge in [0.2, 0.25) is 5.91 Å². The molecule has 0 radical (unpaired) electrons. The third-order valence-electron chi connectivity index (χ3n) is 3.12. The van der Waals surface area contributed by atoms with Gasteiger partial charge in [0.15, 0.2) is 0 Å². The van der Waals surface area contributed by atoms with E-state index in [2.05, 4.69) is 5.32 Å². The number of amides is 1. The first-order chi connectivity index (χ1) is 7.79. The number of rotatable bonds is 3. The summed E-state index contributed by atoms with van der Waals surface area (Å²) in [4.78, 5) is 12.5. The summed E-state index contributed by atoms with van der Waals surface area (Å²) in [6, 6.07) is -3.56. The maximum atomic E-state index is 13.0. The zero-order chi connectivity index (χ0) is 13.2. The normalized spacial score (nSPS) is 26.5. The minimum atomic E-state index is -4.42. The Morgan fingerprint density at radius 3 is 2.65 bits per heavy atom. The minimum Gasteiger partial charge on any atom is -0.353 e. The maximum Gasteiger partial charge on any atom is 0.405 e. The Hall–Kier alpha value is -0.820. The van der Waals surface area contributed by atoms with Crippen LogP contribution in [0.25, 0.3) is 0 Å². The maximum absolute atomic E-state index is 13.0. The van der Waals surface area contributed by atoms with Gasteiger partial charge < -0.3 is 11.1 Å². The van der Waals surface area contributed by atoms with Crippen LogP contribution in [0, 0.1) is 0 Å². The van der Waals surface area contributed by atoms with Gasteiger partial charge in [0.1, 0.15) is 6.04 Å². The first-order valence-corrected chi connectivity index (χ1v) is 5.64. The van der Waals surface area contributed by atoms with Gasteiger partial charge in [-0.3, -0.25) is 9.69 Å². The molecule has 4 nitrogen and oxygen atoms in total. The fourth-order valence-electron chi connectivity index (χ4n) is 2.08. The average Bonchev–Trinajstić information content (AvgIpc) is 2.22. The quantitative estimate of drug-likeness (QED) is 0.769. The molecule has 1 aliphatic rings. The average molecular weight is 253 g/mol. The number of carbonyl (C=O) groups is 1. The molecule has 1 aliphatic heterocycles. The lowest BCUT2D eigenvalue weighted by Crippen LogP contribution is -2.65. The van der Waals surface area contributed by atoms with E-state index < -0.39 is 24.3 Å². The number of nitrogens with zero attached hydrogens (tertiary/aromatic N) is 1. The lowest BCUT2D eigenvalue weighted by atomic mass is 10.0. The highest BCUT2D eigenvalue weighted by Gasteiger charge is 2.49. The van der Waals surface area contributed by atoms with Crippen LogP contribution in [0.2, 0.25) is 0 Å². The summed E-state index contributed by atoms with van der Waals surface area (Å²) >= 11 is 0. The van der Waals surface area contributed by atoms with Crippen LogP contribution in [0.4, 0.5) is 13.2 Å². The molecule has 3 N–H and O–H groups in total. The molecule has 0 bridgehead atoms. The van der Waals surface area contributed by atoms with Crippen LogP contribution in [0.5, 0.6) is 0 Å². The molecule has 1 amide bonds. The van der Waals surface area contributed by atoms with Crippen molar-refractivity contribution in [2.75, 3.05) is 13.1 Å². The van der Waals surface area contributed by atoms with E-state index in [4.69, 9.17) is 5.73 Å². The number of alkyl halides is 3. The fourth-order valence-corrected chi connectivity index (χ4v) is 2.08. The number of piperazine rings is 1. The largest absolute Gasteiger partial charge is 0.405 e. The molecule has 1 heterocycles. The van der Waals surface area contributed by atoms with Crippen LogP contribution >= 0.6 is 0 Å². The number of halogens is 3. The second kappa shape index (κ2) is 5.22. The van der Waals surface area contributed by atoms with E-state index in [1.54, 1.807) is 6.92 Å². The second-order valence-corrected chi connectivity index (χ2v) is 4.26. The predicted octanol–water partition coefficient (Wildman–Crippen LogP) is 0.475. The summed E-state index contributed by atoms with van der Waals surface area (Å²) in [5.41, 5.74) is 5.55. The molecule has 1 fully saturated rings. The van der Waals surface area contributed by atoms with Crippen molar-refractivity contribution >= 4 is 5.91 Å². The molecular weight excluding hydrogens is 235 g/mol. The predicted molar refractivity (Wildman–Crippen MR) is 57.3 cm³/mol. The summed E-state index contributed by atoms with van der Waals surface area (Å²) in [7, 11) is 0. The Kier molecular flexibility index (Phi) is 4.37. The van der Waals surface area contributed by atoms with E-state index >= 15 is 0 Å². The Bertz CT molecular complexity index is 282. The van der Waals surface area contributed by atoms with E-state index in [1.165, 1.54) is 6.92 Å². The monoisotopic (exact) mass is 253 g/mol. The fraction of sp³-hybridized carbons (Fsp3) is 0.900. The summed E-state index contributed by atoms with van der Waals surface area (Å²) < 4.78 is 39.0. The third kappa shape index (κ3) is 3.10. The van der Waals surface area contributed by atoms with Crippen LogP contribution in [-0.2, 0) is 4.79 Å². The van der Waals surface area contributed by atoms with Gasteiger partial charge in [-0.1, -0.05) is 6.92 Å². The first kappa shape index (κ1) is 14.2. The summed E-state index contributed by atoms with van der Waals surface area (Å²) in [5.74, 6) is -0.381. The Balaban J connectivity index is 2.93. The van der Waals surface area contributed by atoms with E-state index in [-0.39, 0.29) is 25.4 Å². The van der Waals surface area contributed by atoms with Gasteiger partial charge in [0.05, 0.1) is 6.04 Å². The smallest absolute Gasteiger partial charge is 0.353 e. The van der Waals surface area contributed by atoms with Crippen LogP contribution < -0.4 is 11.1 Å². The first-order valence-electron chi connectivity index (χ1n) is 5.64. The van der Waals surface area contributed by atoms with E-state index in [9.17, 15) is 18.0 Å². The van der Waals surface area contributed by atoms with E-state index in [1.807, 2.05) is 0 Å². The van der Waals surface area contributed by atoms with Gasteiger partial charge in [0, 0.05) is 19.1 Å². The SMILES string of the molecule is CCC(N)C(N1CCNC(=O)C1C)C(F)(F)F. The molecule has 1 saturated heterocycles. The molecule has 1 rings (SSSR count). The molecule has 7 heteroatoms. The molecule has 0 aliphatic carbocycles. The lowest BCUT2D eigenvalue weighted by Gasteiger charge is -2.41. The zero-order valence-corrected chi connectivity index (χ0v) is 9.92. The van der Waals surface area contributed by atoms with Crippen LogP contribution in [0.1, 0.15) is 20.3 Å². The number of hydrogen-bond acceptors (Lipinski definition) is 3.